The molecule has 0 atom stereocenters. The van der Waals surface area contributed by atoms with Crippen molar-refractivity contribution in [3.63, 3.8) is 0 Å². The van der Waals surface area contributed by atoms with Crippen LogP contribution in [-0.4, -0.2) is 12.4 Å². The zero-order valence-electron chi connectivity index (χ0n) is 17.5. The third-order valence-electron chi connectivity index (χ3n) is 6.76. The van der Waals surface area contributed by atoms with Crippen molar-refractivity contribution >= 4 is 11.8 Å². The molecule has 158 valence electrons. The van der Waals surface area contributed by atoms with Gasteiger partial charge >= 0.3 is 0 Å². The molecule has 2 aliphatic rings. The first-order valence-electron chi connectivity index (χ1n) is 11.3. The summed E-state index contributed by atoms with van der Waals surface area (Å²) in [4.78, 5) is 0.423. The summed E-state index contributed by atoms with van der Waals surface area (Å²) in [6.07, 6.45) is 12.3. The van der Waals surface area contributed by atoms with Gasteiger partial charge in [0, 0.05) is 10.6 Å². The van der Waals surface area contributed by atoms with Crippen molar-refractivity contribution in [1.29, 1.82) is 0 Å². The highest BCUT2D eigenvalue weighted by molar-refractivity contribution is 7.99. The number of benzene rings is 1. The molecular formula is C24H36F2OS. The van der Waals surface area contributed by atoms with E-state index in [1.807, 2.05) is 0 Å². The average molecular weight is 411 g/mol. The molecule has 0 aliphatic heterocycles. The standard InChI is InChI=1S/C24H36F2OS/c1-3-4-18-9-11-20(12-10-18)16-28-22-14-13-21(23(25)24(22)26)27-15-19-7-5-17(2)6-8-19/h13-14,17-20H,3-12,15-16H2,1-2H3. The fourth-order valence-electron chi connectivity index (χ4n) is 4.74. The lowest BCUT2D eigenvalue weighted by molar-refractivity contribution is 0.181. The minimum atomic E-state index is -0.819. The summed E-state index contributed by atoms with van der Waals surface area (Å²) in [5, 5.41) is 0. The fourth-order valence-corrected chi connectivity index (χ4v) is 5.87. The highest BCUT2D eigenvalue weighted by Crippen LogP contribution is 2.37. The van der Waals surface area contributed by atoms with Crippen LogP contribution < -0.4 is 4.74 Å². The maximum Gasteiger partial charge on any atom is 0.201 e. The van der Waals surface area contributed by atoms with Gasteiger partial charge in [-0.15, -0.1) is 11.8 Å². The Bertz CT molecular complexity index is 605. The summed E-state index contributed by atoms with van der Waals surface area (Å²) in [6, 6.07) is 3.31. The molecule has 1 aromatic rings. The van der Waals surface area contributed by atoms with Crippen LogP contribution in [0.15, 0.2) is 17.0 Å². The van der Waals surface area contributed by atoms with Crippen molar-refractivity contribution < 1.29 is 13.5 Å². The zero-order valence-corrected chi connectivity index (χ0v) is 18.3. The summed E-state index contributed by atoms with van der Waals surface area (Å²) in [6.45, 7) is 5.03. The molecule has 0 amide bonds. The number of rotatable bonds is 8. The molecule has 1 nitrogen and oxygen atoms in total. The molecule has 2 saturated carbocycles. The normalized spacial score (nSPS) is 28.3. The molecular weight excluding hydrogens is 374 g/mol. The monoisotopic (exact) mass is 410 g/mol. The van der Waals surface area contributed by atoms with Gasteiger partial charge in [-0.05, 0) is 61.5 Å². The van der Waals surface area contributed by atoms with E-state index < -0.39 is 11.6 Å². The Hall–Kier alpha value is -0.770. The largest absolute Gasteiger partial charge is 0.490 e. The number of hydrogen-bond donors (Lipinski definition) is 0. The average Bonchev–Trinajstić information content (AvgIpc) is 2.71. The maximum absolute atomic E-state index is 14.5. The Morgan fingerprint density at radius 1 is 0.893 bits per heavy atom. The Morgan fingerprint density at radius 3 is 2.21 bits per heavy atom. The van der Waals surface area contributed by atoms with Crippen molar-refractivity contribution in [2.24, 2.45) is 23.7 Å². The predicted molar refractivity (Wildman–Crippen MR) is 114 cm³/mol. The molecule has 0 unspecified atom stereocenters. The number of thioether (sulfide) groups is 1. The second-order valence-corrected chi connectivity index (χ2v) is 10.2. The summed E-state index contributed by atoms with van der Waals surface area (Å²) in [5.74, 6) is 2.16. The van der Waals surface area contributed by atoms with Crippen LogP contribution >= 0.6 is 11.8 Å². The summed E-state index contributed by atoms with van der Waals surface area (Å²) >= 11 is 1.47. The first-order valence-corrected chi connectivity index (χ1v) is 12.3. The van der Waals surface area contributed by atoms with Crippen molar-refractivity contribution in [1.82, 2.24) is 0 Å². The number of halogens is 2. The minimum Gasteiger partial charge on any atom is -0.490 e. The van der Waals surface area contributed by atoms with Gasteiger partial charge in [-0.2, -0.15) is 4.39 Å². The van der Waals surface area contributed by atoms with Gasteiger partial charge in [0.05, 0.1) is 6.61 Å². The second kappa shape index (κ2) is 10.8. The van der Waals surface area contributed by atoms with E-state index >= 15 is 0 Å². The summed E-state index contributed by atoms with van der Waals surface area (Å²) < 4.78 is 34.6. The van der Waals surface area contributed by atoms with Gasteiger partial charge in [-0.1, -0.05) is 52.4 Å². The molecule has 4 heteroatoms. The van der Waals surface area contributed by atoms with Gasteiger partial charge < -0.3 is 4.74 Å². The molecule has 2 fully saturated rings. The zero-order chi connectivity index (χ0) is 19.9. The van der Waals surface area contributed by atoms with Crippen molar-refractivity contribution in [2.45, 2.75) is 83.0 Å². The second-order valence-electron chi connectivity index (χ2n) is 9.11. The highest BCUT2D eigenvalue weighted by atomic mass is 32.2. The molecule has 0 bridgehead atoms. The first-order chi connectivity index (χ1) is 13.6. The van der Waals surface area contributed by atoms with Crippen LogP contribution in [0.5, 0.6) is 5.75 Å². The van der Waals surface area contributed by atoms with E-state index in [2.05, 4.69) is 13.8 Å². The van der Waals surface area contributed by atoms with Crippen LogP contribution in [-0.2, 0) is 0 Å². The van der Waals surface area contributed by atoms with Crippen LogP contribution in [0.1, 0.15) is 78.1 Å². The lowest BCUT2D eigenvalue weighted by atomic mass is 9.81. The van der Waals surface area contributed by atoms with Crippen LogP contribution in [0, 0.1) is 35.3 Å². The van der Waals surface area contributed by atoms with E-state index in [1.165, 1.54) is 63.1 Å². The van der Waals surface area contributed by atoms with E-state index in [4.69, 9.17) is 4.74 Å². The molecule has 2 aliphatic carbocycles. The summed E-state index contributed by atoms with van der Waals surface area (Å²) in [5.41, 5.74) is 0. The van der Waals surface area contributed by atoms with E-state index in [0.29, 0.717) is 23.3 Å². The van der Waals surface area contributed by atoms with E-state index in [0.717, 1.165) is 30.4 Å². The van der Waals surface area contributed by atoms with Crippen molar-refractivity contribution in [3.8, 4) is 5.75 Å². The Morgan fingerprint density at radius 2 is 1.54 bits per heavy atom. The van der Waals surface area contributed by atoms with Crippen LogP contribution in [0.2, 0.25) is 0 Å². The fraction of sp³-hybridized carbons (Fsp3) is 0.750. The third kappa shape index (κ3) is 6.11. The van der Waals surface area contributed by atoms with Crippen LogP contribution in [0.25, 0.3) is 0 Å². The van der Waals surface area contributed by atoms with E-state index in [-0.39, 0.29) is 5.75 Å². The molecule has 28 heavy (non-hydrogen) atoms. The smallest absolute Gasteiger partial charge is 0.201 e. The van der Waals surface area contributed by atoms with Crippen molar-refractivity contribution in [3.05, 3.63) is 23.8 Å². The van der Waals surface area contributed by atoms with Crippen LogP contribution in [0.4, 0.5) is 8.78 Å². The van der Waals surface area contributed by atoms with E-state index in [1.54, 1.807) is 12.1 Å². The molecule has 0 heterocycles. The molecule has 0 aromatic heterocycles. The Kier molecular flexibility index (Phi) is 8.50. The molecule has 1 aromatic carbocycles. The van der Waals surface area contributed by atoms with Gasteiger partial charge in [-0.25, -0.2) is 4.39 Å². The summed E-state index contributed by atoms with van der Waals surface area (Å²) in [7, 11) is 0. The molecule has 0 saturated heterocycles. The van der Waals surface area contributed by atoms with Gasteiger partial charge in [-0.3, -0.25) is 0 Å². The van der Waals surface area contributed by atoms with E-state index in [9.17, 15) is 8.78 Å². The number of ether oxygens (including phenoxy) is 1. The Labute approximate surface area is 174 Å². The van der Waals surface area contributed by atoms with Gasteiger partial charge in [0.2, 0.25) is 5.82 Å². The molecule has 0 spiro atoms. The predicted octanol–water partition coefficient (Wildman–Crippen LogP) is 7.87. The Balaban J connectivity index is 1.47. The quantitative estimate of drug-likeness (QED) is 0.403. The highest BCUT2D eigenvalue weighted by Gasteiger charge is 2.23. The van der Waals surface area contributed by atoms with Gasteiger partial charge in [0.15, 0.2) is 11.6 Å². The molecule has 3 rings (SSSR count). The first kappa shape index (κ1) is 21.9. The van der Waals surface area contributed by atoms with Gasteiger partial charge in [0.1, 0.15) is 0 Å². The SMILES string of the molecule is CCCC1CCC(CSc2ccc(OCC3CCC(C)CC3)c(F)c2F)CC1. The van der Waals surface area contributed by atoms with Gasteiger partial charge in [0.25, 0.3) is 0 Å². The van der Waals surface area contributed by atoms with Crippen molar-refractivity contribution in [2.75, 3.05) is 12.4 Å². The molecule has 0 radical (unpaired) electrons. The lowest BCUT2D eigenvalue weighted by Crippen LogP contribution is -2.19. The van der Waals surface area contributed by atoms with Crippen LogP contribution in [0.3, 0.4) is 0 Å². The number of hydrogen-bond acceptors (Lipinski definition) is 2. The lowest BCUT2D eigenvalue weighted by Gasteiger charge is -2.28. The third-order valence-corrected chi connectivity index (χ3v) is 8.02. The molecule has 0 N–H and O–H groups in total. The topological polar surface area (TPSA) is 9.23 Å². The maximum atomic E-state index is 14.5. The minimum absolute atomic E-state index is 0.0699.